The molecule has 0 radical (unpaired) electrons. The molecule has 2 N–H and O–H groups in total. The summed E-state index contributed by atoms with van der Waals surface area (Å²) >= 11 is 0. The van der Waals surface area contributed by atoms with Gasteiger partial charge in [0.05, 0.1) is 0 Å². The summed E-state index contributed by atoms with van der Waals surface area (Å²) in [7, 11) is 0. The lowest BCUT2D eigenvalue weighted by Gasteiger charge is -2.28. The second-order valence-corrected chi connectivity index (χ2v) is 8.73. The van der Waals surface area contributed by atoms with Crippen LogP contribution in [0.15, 0.2) is 36.4 Å². The summed E-state index contributed by atoms with van der Waals surface area (Å²) in [5, 5.41) is 21.0. The van der Waals surface area contributed by atoms with E-state index in [1.54, 1.807) is 0 Å². The van der Waals surface area contributed by atoms with Crippen molar-refractivity contribution in [2.24, 2.45) is 0 Å². The number of phenols is 2. The van der Waals surface area contributed by atoms with Gasteiger partial charge in [-0.2, -0.15) is 0 Å². The zero-order valence-electron chi connectivity index (χ0n) is 21.1. The summed E-state index contributed by atoms with van der Waals surface area (Å²) in [6.45, 7) is 18.6. The van der Waals surface area contributed by atoms with Crippen molar-refractivity contribution in [3.8, 4) is 11.5 Å². The minimum atomic E-state index is 0.363. The van der Waals surface area contributed by atoms with E-state index in [9.17, 15) is 10.2 Å². The normalized spacial score (nSPS) is 13.6. The van der Waals surface area contributed by atoms with Crippen molar-refractivity contribution in [3.63, 3.8) is 0 Å². The summed E-state index contributed by atoms with van der Waals surface area (Å²) in [5.41, 5.74) is 4.59. The average Bonchev–Trinajstić information content (AvgIpc) is 2.81. The highest BCUT2D eigenvalue weighted by Crippen LogP contribution is 2.40. The molecule has 0 aromatic heterocycles. The molecule has 2 atom stereocenters. The molecule has 0 bridgehead atoms. The molecule has 2 unspecified atom stereocenters. The second-order valence-electron chi connectivity index (χ2n) is 8.73. The van der Waals surface area contributed by atoms with Gasteiger partial charge in [-0.1, -0.05) is 65.8 Å². The molecule has 32 heavy (non-hydrogen) atoms. The van der Waals surface area contributed by atoms with Crippen molar-refractivity contribution in [3.05, 3.63) is 58.7 Å². The van der Waals surface area contributed by atoms with Crippen LogP contribution in [-0.2, 0) is 13.1 Å². The quantitative estimate of drug-likeness (QED) is 0.375. The number of rotatable bonds is 13. The Morgan fingerprint density at radius 3 is 1.22 bits per heavy atom. The predicted molar refractivity (Wildman–Crippen MR) is 136 cm³/mol. The van der Waals surface area contributed by atoms with E-state index in [0.29, 0.717) is 23.3 Å². The Labute approximate surface area is 195 Å². The van der Waals surface area contributed by atoms with Crippen molar-refractivity contribution in [1.29, 1.82) is 0 Å². The van der Waals surface area contributed by atoms with Gasteiger partial charge in [-0.3, -0.25) is 9.80 Å². The van der Waals surface area contributed by atoms with Gasteiger partial charge < -0.3 is 10.2 Å². The van der Waals surface area contributed by atoms with Gasteiger partial charge in [0.15, 0.2) is 0 Å². The van der Waals surface area contributed by atoms with E-state index in [-0.39, 0.29) is 0 Å². The van der Waals surface area contributed by atoms with Gasteiger partial charge in [-0.05, 0) is 74.1 Å². The summed E-state index contributed by atoms with van der Waals surface area (Å²) in [5.74, 6) is 1.49. The molecule has 178 valence electrons. The molecule has 0 aliphatic rings. The Balaban J connectivity index is 2.39. The highest BCUT2D eigenvalue weighted by Gasteiger charge is 2.24. The SMILES string of the molecule is CCC(c1ccc(O)c(CN(CC)CC)c1)C(CC)c1ccc(O)c(CN(CC)CC)c1. The molecule has 0 spiro atoms. The number of hydrogen-bond acceptors (Lipinski definition) is 4. The first-order valence-electron chi connectivity index (χ1n) is 12.5. The maximum Gasteiger partial charge on any atom is 0.120 e. The summed E-state index contributed by atoms with van der Waals surface area (Å²) in [4.78, 5) is 4.66. The molecule has 0 saturated carbocycles. The lowest BCUT2D eigenvalue weighted by molar-refractivity contribution is 0.290. The van der Waals surface area contributed by atoms with Gasteiger partial charge in [0.2, 0.25) is 0 Å². The van der Waals surface area contributed by atoms with Crippen LogP contribution in [0.1, 0.15) is 88.5 Å². The summed E-state index contributed by atoms with van der Waals surface area (Å²) < 4.78 is 0. The third-order valence-electron chi connectivity index (χ3n) is 7.01. The van der Waals surface area contributed by atoms with Crippen LogP contribution in [-0.4, -0.2) is 46.2 Å². The monoisotopic (exact) mass is 440 g/mol. The first kappa shape index (κ1) is 26.2. The van der Waals surface area contributed by atoms with Crippen LogP contribution in [0.5, 0.6) is 11.5 Å². The van der Waals surface area contributed by atoms with E-state index in [2.05, 4.69) is 75.6 Å². The lowest BCUT2D eigenvalue weighted by atomic mass is 9.77. The van der Waals surface area contributed by atoms with Gasteiger partial charge in [-0.25, -0.2) is 0 Å². The average molecular weight is 441 g/mol. The molecule has 2 rings (SSSR count). The van der Waals surface area contributed by atoms with Crippen molar-refractivity contribution in [2.45, 2.75) is 79.3 Å². The van der Waals surface area contributed by atoms with Gasteiger partial charge in [-0.15, -0.1) is 0 Å². The number of aromatic hydroxyl groups is 2. The molecule has 0 fully saturated rings. The maximum atomic E-state index is 10.5. The number of benzene rings is 2. The minimum Gasteiger partial charge on any atom is -0.508 e. The van der Waals surface area contributed by atoms with Crippen LogP contribution in [0, 0.1) is 0 Å². The van der Waals surface area contributed by atoms with E-state index in [0.717, 1.165) is 63.2 Å². The van der Waals surface area contributed by atoms with Crippen LogP contribution in [0.25, 0.3) is 0 Å². The van der Waals surface area contributed by atoms with Crippen molar-refractivity contribution in [2.75, 3.05) is 26.2 Å². The molecular formula is C28H44N2O2. The maximum absolute atomic E-state index is 10.5. The first-order chi connectivity index (χ1) is 15.4. The molecule has 0 aliphatic carbocycles. The number of phenolic OH excluding ortho intramolecular Hbond substituents is 2. The van der Waals surface area contributed by atoms with Crippen LogP contribution < -0.4 is 0 Å². The van der Waals surface area contributed by atoms with Crippen LogP contribution in [0.4, 0.5) is 0 Å². The number of hydrogen-bond donors (Lipinski definition) is 2. The van der Waals surface area contributed by atoms with Gasteiger partial charge in [0.25, 0.3) is 0 Å². The van der Waals surface area contributed by atoms with Crippen molar-refractivity contribution >= 4 is 0 Å². The fourth-order valence-electron chi connectivity index (χ4n) is 4.81. The number of nitrogens with zero attached hydrogens (tertiary/aromatic N) is 2. The lowest BCUT2D eigenvalue weighted by Crippen LogP contribution is -2.22. The van der Waals surface area contributed by atoms with Crippen molar-refractivity contribution < 1.29 is 10.2 Å². The third-order valence-corrected chi connectivity index (χ3v) is 7.01. The molecule has 2 aromatic carbocycles. The van der Waals surface area contributed by atoms with E-state index >= 15 is 0 Å². The molecular weight excluding hydrogens is 396 g/mol. The van der Waals surface area contributed by atoms with Crippen molar-refractivity contribution in [1.82, 2.24) is 9.80 Å². The Morgan fingerprint density at radius 2 is 0.938 bits per heavy atom. The van der Waals surface area contributed by atoms with E-state index in [1.807, 2.05) is 12.1 Å². The third kappa shape index (κ3) is 6.49. The zero-order chi connectivity index (χ0) is 23.7. The van der Waals surface area contributed by atoms with Crippen LogP contribution in [0.2, 0.25) is 0 Å². The fraction of sp³-hybridized carbons (Fsp3) is 0.571. The molecule has 2 aromatic rings. The Kier molecular flexibility index (Phi) is 10.5. The van der Waals surface area contributed by atoms with E-state index in [4.69, 9.17) is 0 Å². The Bertz CT molecular complexity index is 759. The van der Waals surface area contributed by atoms with Crippen LogP contribution in [0.3, 0.4) is 0 Å². The van der Waals surface area contributed by atoms with Gasteiger partial charge in [0, 0.05) is 24.2 Å². The molecule has 0 amide bonds. The summed E-state index contributed by atoms with van der Waals surface area (Å²) in [6.07, 6.45) is 2.06. The van der Waals surface area contributed by atoms with E-state index in [1.165, 1.54) is 11.1 Å². The highest BCUT2D eigenvalue weighted by atomic mass is 16.3. The first-order valence-corrected chi connectivity index (χ1v) is 12.5. The molecule has 0 heterocycles. The van der Waals surface area contributed by atoms with Gasteiger partial charge in [0.1, 0.15) is 11.5 Å². The predicted octanol–water partition coefficient (Wildman–Crippen LogP) is 6.47. The zero-order valence-corrected chi connectivity index (χ0v) is 21.1. The Hall–Kier alpha value is -2.04. The molecule has 0 aliphatic heterocycles. The molecule has 4 nitrogen and oxygen atoms in total. The topological polar surface area (TPSA) is 46.9 Å². The molecule has 0 saturated heterocycles. The minimum absolute atomic E-state index is 0.363. The van der Waals surface area contributed by atoms with Gasteiger partial charge >= 0.3 is 0 Å². The standard InChI is InChI=1S/C28H44N2O2/c1-7-25(21-13-15-27(31)23(17-21)19-29(9-3)10-4)26(8-2)22-14-16-28(32)24(18-22)20-30(11-5)12-6/h13-18,25-26,31-32H,7-12,19-20H2,1-6H3. The summed E-state index contributed by atoms with van der Waals surface area (Å²) in [6, 6.07) is 12.3. The molecule has 4 heteroatoms. The fourth-order valence-corrected chi connectivity index (χ4v) is 4.81. The smallest absolute Gasteiger partial charge is 0.120 e. The Morgan fingerprint density at radius 1 is 0.594 bits per heavy atom. The largest absolute Gasteiger partial charge is 0.508 e. The second kappa shape index (κ2) is 12.9. The van der Waals surface area contributed by atoms with Crippen LogP contribution >= 0.6 is 0 Å². The van der Waals surface area contributed by atoms with E-state index < -0.39 is 0 Å². The highest BCUT2D eigenvalue weighted by molar-refractivity contribution is 5.42.